The highest BCUT2D eigenvalue weighted by molar-refractivity contribution is 4.97. The van der Waals surface area contributed by atoms with Crippen LogP contribution in [0.5, 0.6) is 0 Å². The van der Waals surface area contributed by atoms with Gasteiger partial charge in [0.1, 0.15) is 5.76 Å². The minimum atomic E-state index is 0.886. The van der Waals surface area contributed by atoms with Gasteiger partial charge in [-0.05, 0) is 24.5 Å². The summed E-state index contributed by atoms with van der Waals surface area (Å²) in [5.41, 5.74) is 0. The normalized spacial score (nSPS) is 13.1. The molecule has 1 heteroatoms. The van der Waals surface area contributed by atoms with E-state index < -0.39 is 0 Å². The monoisotopic (exact) mass is 180 g/mol. The van der Waals surface area contributed by atoms with Crippen LogP contribution >= 0.6 is 0 Å². The van der Waals surface area contributed by atoms with Crippen molar-refractivity contribution in [3.63, 3.8) is 0 Å². The molecule has 0 aliphatic rings. The van der Waals surface area contributed by atoms with Crippen molar-refractivity contribution in [2.45, 2.75) is 46.0 Å². The third-order valence-electron chi connectivity index (χ3n) is 2.65. The van der Waals surface area contributed by atoms with Crippen LogP contribution < -0.4 is 0 Å². The lowest BCUT2D eigenvalue weighted by atomic mass is 10.0. The van der Waals surface area contributed by atoms with E-state index in [4.69, 9.17) is 4.42 Å². The Morgan fingerprint density at radius 2 is 2.23 bits per heavy atom. The summed E-state index contributed by atoms with van der Waals surface area (Å²) in [7, 11) is 0. The Balaban J connectivity index is 2.02. The molecule has 1 nitrogen and oxygen atoms in total. The van der Waals surface area contributed by atoms with Crippen molar-refractivity contribution in [1.29, 1.82) is 0 Å². The highest BCUT2D eigenvalue weighted by Gasteiger charge is 1.99. The van der Waals surface area contributed by atoms with Gasteiger partial charge in [-0.1, -0.05) is 33.1 Å². The molecule has 1 rings (SSSR count). The van der Waals surface area contributed by atoms with Crippen molar-refractivity contribution in [2.24, 2.45) is 5.92 Å². The Kier molecular flexibility index (Phi) is 4.66. The van der Waals surface area contributed by atoms with Crippen LogP contribution in [0.15, 0.2) is 22.8 Å². The van der Waals surface area contributed by atoms with Crippen LogP contribution in [-0.2, 0) is 6.42 Å². The van der Waals surface area contributed by atoms with Gasteiger partial charge in [-0.2, -0.15) is 0 Å². The second-order valence-corrected chi connectivity index (χ2v) is 3.84. The number of unbranched alkanes of at least 4 members (excludes halogenated alkanes) is 1. The van der Waals surface area contributed by atoms with Crippen LogP contribution in [0, 0.1) is 5.92 Å². The van der Waals surface area contributed by atoms with E-state index in [1.807, 2.05) is 6.07 Å². The van der Waals surface area contributed by atoms with Crippen LogP contribution in [0.1, 0.15) is 45.3 Å². The van der Waals surface area contributed by atoms with Gasteiger partial charge in [0, 0.05) is 6.42 Å². The molecule has 0 saturated heterocycles. The van der Waals surface area contributed by atoms with Crippen LogP contribution in [0.4, 0.5) is 0 Å². The minimum absolute atomic E-state index is 0.886. The molecule has 1 aromatic heterocycles. The first-order valence-corrected chi connectivity index (χ1v) is 5.35. The molecule has 0 aliphatic carbocycles. The van der Waals surface area contributed by atoms with E-state index in [1.165, 1.54) is 25.7 Å². The quantitative estimate of drug-likeness (QED) is 0.602. The summed E-state index contributed by atoms with van der Waals surface area (Å²) in [6, 6.07) is 4.02. The van der Waals surface area contributed by atoms with Crippen molar-refractivity contribution in [3.8, 4) is 0 Å². The number of hydrogen-bond donors (Lipinski definition) is 0. The highest BCUT2D eigenvalue weighted by Crippen LogP contribution is 2.13. The second kappa shape index (κ2) is 5.85. The Hall–Kier alpha value is -0.720. The molecule has 0 aliphatic heterocycles. The summed E-state index contributed by atoms with van der Waals surface area (Å²) in [4.78, 5) is 0. The summed E-state index contributed by atoms with van der Waals surface area (Å²) >= 11 is 0. The fourth-order valence-corrected chi connectivity index (χ4v) is 1.45. The zero-order valence-corrected chi connectivity index (χ0v) is 8.75. The molecule has 0 radical (unpaired) electrons. The van der Waals surface area contributed by atoms with Crippen molar-refractivity contribution in [1.82, 2.24) is 0 Å². The lowest BCUT2D eigenvalue weighted by Gasteiger charge is -2.06. The van der Waals surface area contributed by atoms with Gasteiger partial charge in [0.2, 0.25) is 0 Å². The molecule has 1 unspecified atom stereocenters. The van der Waals surface area contributed by atoms with E-state index in [-0.39, 0.29) is 0 Å². The number of hydrogen-bond acceptors (Lipinski definition) is 1. The Morgan fingerprint density at radius 3 is 2.85 bits per heavy atom. The lowest BCUT2D eigenvalue weighted by Crippen LogP contribution is -1.92. The maximum Gasteiger partial charge on any atom is 0.103 e. The molecule has 0 aromatic carbocycles. The SMILES string of the molecule is CCC(C)CCCCc1ccco1. The first-order valence-electron chi connectivity index (χ1n) is 5.35. The molecule has 1 atom stereocenters. The maximum absolute atomic E-state index is 5.27. The third-order valence-corrected chi connectivity index (χ3v) is 2.65. The molecule has 0 amide bonds. The van der Waals surface area contributed by atoms with Crippen molar-refractivity contribution < 1.29 is 4.42 Å². The van der Waals surface area contributed by atoms with Crippen LogP contribution in [-0.4, -0.2) is 0 Å². The standard InChI is InChI=1S/C12H20O/c1-3-11(2)7-4-5-8-12-9-6-10-13-12/h6,9-11H,3-5,7-8H2,1-2H3. The Labute approximate surface area is 81.1 Å². The van der Waals surface area contributed by atoms with Gasteiger partial charge in [-0.25, -0.2) is 0 Å². The average Bonchev–Trinajstić information content (AvgIpc) is 2.64. The predicted molar refractivity (Wildman–Crippen MR) is 55.7 cm³/mol. The van der Waals surface area contributed by atoms with E-state index in [0.717, 1.165) is 18.1 Å². The molecule has 0 fully saturated rings. The number of aryl methyl sites for hydroxylation is 1. The van der Waals surface area contributed by atoms with Crippen LogP contribution in [0.25, 0.3) is 0 Å². The van der Waals surface area contributed by atoms with E-state index >= 15 is 0 Å². The second-order valence-electron chi connectivity index (χ2n) is 3.84. The molecule has 0 saturated carbocycles. The number of rotatable bonds is 6. The summed E-state index contributed by atoms with van der Waals surface area (Å²) in [6.07, 6.45) is 8.11. The van der Waals surface area contributed by atoms with Gasteiger partial charge in [0.15, 0.2) is 0 Å². The van der Waals surface area contributed by atoms with E-state index in [9.17, 15) is 0 Å². The molecule has 0 bridgehead atoms. The van der Waals surface area contributed by atoms with Gasteiger partial charge in [0.25, 0.3) is 0 Å². The van der Waals surface area contributed by atoms with Crippen molar-refractivity contribution in [3.05, 3.63) is 24.2 Å². The smallest absolute Gasteiger partial charge is 0.103 e. The molecule has 0 spiro atoms. The molecule has 74 valence electrons. The van der Waals surface area contributed by atoms with E-state index in [2.05, 4.69) is 19.9 Å². The van der Waals surface area contributed by atoms with Crippen LogP contribution in [0.2, 0.25) is 0 Å². The van der Waals surface area contributed by atoms with Crippen LogP contribution in [0.3, 0.4) is 0 Å². The van der Waals surface area contributed by atoms with E-state index in [1.54, 1.807) is 6.26 Å². The predicted octanol–water partition coefficient (Wildman–Crippen LogP) is 4.04. The van der Waals surface area contributed by atoms with Gasteiger partial charge < -0.3 is 4.42 Å². The third kappa shape index (κ3) is 4.16. The average molecular weight is 180 g/mol. The summed E-state index contributed by atoms with van der Waals surface area (Å²) < 4.78 is 5.27. The summed E-state index contributed by atoms with van der Waals surface area (Å²) in [5, 5.41) is 0. The first kappa shape index (κ1) is 10.4. The fraction of sp³-hybridized carbons (Fsp3) is 0.667. The highest BCUT2D eigenvalue weighted by atomic mass is 16.3. The van der Waals surface area contributed by atoms with Gasteiger partial charge in [0.05, 0.1) is 6.26 Å². The molecule has 13 heavy (non-hydrogen) atoms. The van der Waals surface area contributed by atoms with Crippen molar-refractivity contribution >= 4 is 0 Å². The zero-order valence-electron chi connectivity index (χ0n) is 8.75. The summed E-state index contributed by atoms with van der Waals surface area (Å²) in [5.74, 6) is 2.01. The Bertz CT molecular complexity index is 201. The van der Waals surface area contributed by atoms with Gasteiger partial charge >= 0.3 is 0 Å². The molecule has 1 aromatic rings. The first-order chi connectivity index (χ1) is 6.33. The summed E-state index contributed by atoms with van der Waals surface area (Å²) in [6.45, 7) is 4.59. The van der Waals surface area contributed by atoms with E-state index in [0.29, 0.717) is 0 Å². The fourth-order valence-electron chi connectivity index (χ4n) is 1.45. The largest absolute Gasteiger partial charge is 0.469 e. The van der Waals surface area contributed by atoms with Gasteiger partial charge in [-0.3, -0.25) is 0 Å². The molecular formula is C12H20O. The number of furan rings is 1. The molecule has 0 N–H and O–H groups in total. The minimum Gasteiger partial charge on any atom is -0.469 e. The van der Waals surface area contributed by atoms with Gasteiger partial charge in [-0.15, -0.1) is 0 Å². The zero-order chi connectivity index (χ0) is 9.52. The van der Waals surface area contributed by atoms with Crippen molar-refractivity contribution in [2.75, 3.05) is 0 Å². The maximum atomic E-state index is 5.27. The lowest BCUT2D eigenvalue weighted by molar-refractivity contribution is 0.460. The molecule has 1 heterocycles. The molecular weight excluding hydrogens is 160 g/mol. The topological polar surface area (TPSA) is 13.1 Å². The Morgan fingerprint density at radius 1 is 1.38 bits per heavy atom.